The highest BCUT2D eigenvalue weighted by atomic mass is 16.2. The highest BCUT2D eigenvalue weighted by Crippen LogP contribution is 2.25. The summed E-state index contributed by atoms with van der Waals surface area (Å²) >= 11 is 0. The number of H-pyrrole nitrogens is 1. The van der Waals surface area contributed by atoms with Crippen molar-refractivity contribution >= 4 is 22.9 Å². The second kappa shape index (κ2) is 5.53. The Bertz CT molecular complexity index is 677. The number of imidazole rings is 1. The summed E-state index contributed by atoms with van der Waals surface area (Å²) in [6, 6.07) is 0.487. The van der Waals surface area contributed by atoms with Gasteiger partial charge in [0.25, 0.3) is 0 Å². The smallest absolute Gasteiger partial charge is 0.234 e. The molecular formula is C14H19N7O. The number of nitrogens with one attached hydrogen (secondary N) is 2. The molecule has 116 valence electrons. The predicted octanol–water partition coefficient (Wildman–Crippen LogP) is -0.246. The molecule has 2 N–H and O–H groups in total. The summed E-state index contributed by atoms with van der Waals surface area (Å²) in [4.78, 5) is 32.0. The zero-order valence-corrected chi connectivity index (χ0v) is 12.3. The Morgan fingerprint density at radius 3 is 2.82 bits per heavy atom. The topological polar surface area (TPSA) is 90.0 Å². The van der Waals surface area contributed by atoms with Gasteiger partial charge in [0.05, 0.1) is 12.9 Å². The van der Waals surface area contributed by atoms with E-state index in [4.69, 9.17) is 0 Å². The van der Waals surface area contributed by atoms with E-state index in [1.54, 1.807) is 12.7 Å². The average Bonchev–Trinajstić information content (AvgIpc) is 3.04. The molecule has 8 heteroatoms. The zero-order chi connectivity index (χ0) is 14.9. The number of hydrogen-bond donors (Lipinski definition) is 2. The highest BCUT2D eigenvalue weighted by Gasteiger charge is 2.28. The molecule has 0 spiro atoms. The number of anilines is 1. The van der Waals surface area contributed by atoms with Crippen molar-refractivity contribution in [3.05, 3.63) is 12.7 Å². The molecule has 22 heavy (non-hydrogen) atoms. The molecule has 0 bridgehead atoms. The second-order valence-corrected chi connectivity index (χ2v) is 5.84. The van der Waals surface area contributed by atoms with Gasteiger partial charge in [-0.25, -0.2) is 15.0 Å². The van der Waals surface area contributed by atoms with Crippen LogP contribution in [0.15, 0.2) is 12.7 Å². The van der Waals surface area contributed by atoms with Crippen LogP contribution in [0.1, 0.15) is 12.8 Å². The Labute approximate surface area is 127 Å². The lowest BCUT2D eigenvalue weighted by Gasteiger charge is -2.40. The van der Waals surface area contributed by atoms with Crippen molar-refractivity contribution in [1.82, 2.24) is 30.2 Å². The quantitative estimate of drug-likeness (QED) is 0.795. The molecule has 0 atom stereocenters. The van der Waals surface area contributed by atoms with Crippen molar-refractivity contribution < 1.29 is 4.79 Å². The Morgan fingerprint density at radius 1 is 1.14 bits per heavy atom. The van der Waals surface area contributed by atoms with E-state index in [0.29, 0.717) is 18.2 Å². The normalized spacial score (nSPS) is 21.3. The largest absolute Gasteiger partial charge is 0.355 e. The maximum atomic E-state index is 11.5. The number of amides is 1. The summed E-state index contributed by atoms with van der Waals surface area (Å²) < 4.78 is 0. The maximum absolute atomic E-state index is 11.5. The van der Waals surface area contributed by atoms with Crippen molar-refractivity contribution in [1.29, 1.82) is 0 Å². The number of nitrogens with zero attached hydrogens (tertiary/aromatic N) is 5. The van der Waals surface area contributed by atoms with E-state index in [1.165, 1.54) is 0 Å². The van der Waals surface area contributed by atoms with Crippen LogP contribution >= 0.6 is 0 Å². The van der Waals surface area contributed by atoms with E-state index in [0.717, 1.165) is 50.4 Å². The standard InChI is InChI=1S/C14H19N7O/c22-11-7-21(6-3-15-11)10-1-4-20(5-2-10)14-12-13(17-8-16-12)18-9-19-14/h8-10H,1-7H2,(H,15,22)(H,16,17,18,19). The van der Waals surface area contributed by atoms with Crippen LogP contribution in [0.25, 0.3) is 11.2 Å². The van der Waals surface area contributed by atoms with E-state index < -0.39 is 0 Å². The van der Waals surface area contributed by atoms with Gasteiger partial charge in [-0.15, -0.1) is 0 Å². The summed E-state index contributed by atoms with van der Waals surface area (Å²) in [5, 5.41) is 2.88. The summed E-state index contributed by atoms with van der Waals surface area (Å²) in [5.41, 5.74) is 1.61. The van der Waals surface area contributed by atoms with Gasteiger partial charge in [-0.2, -0.15) is 0 Å². The van der Waals surface area contributed by atoms with Crippen molar-refractivity contribution in [3.8, 4) is 0 Å². The summed E-state index contributed by atoms with van der Waals surface area (Å²) in [6.45, 7) is 4.12. The van der Waals surface area contributed by atoms with Crippen LogP contribution in [0.5, 0.6) is 0 Å². The van der Waals surface area contributed by atoms with E-state index in [-0.39, 0.29) is 5.91 Å². The van der Waals surface area contributed by atoms with E-state index in [1.807, 2.05) is 0 Å². The van der Waals surface area contributed by atoms with Crippen LogP contribution in [0.4, 0.5) is 5.82 Å². The molecule has 2 aliphatic rings. The number of aromatic amines is 1. The minimum absolute atomic E-state index is 0.142. The zero-order valence-electron chi connectivity index (χ0n) is 12.3. The van der Waals surface area contributed by atoms with Crippen molar-refractivity contribution in [3.63, 3.8) is 0 Å². The Balaban J connectivity index is 1.45. The van der Waals surface area contributed by atoms with Gasteiger partial charge < -0.3 is 15.2 Å². The van der Waals surface area contributed by atoms with Crippen molar-refractivity contribution in [2.24, 2.45) is 0 Å². The van der Waals surface area contributed by atoms with Gasteiger partial charge in [0, 0.05) is 32.2 Å². The first kappa shape index (κ1) is 13.4. The molecule has 0 saturated carbocycles. The van der Waals surface area contributed by atoms with Crippen LogP contribution < -0.4 is 10.2 Å². The number of carbonyl (C=O) groups excluding carboxylic acids is 1. The lowest BCUT2D eigenvalue weighted by molar-refractivity contribution is -0.125. The molecule has 2 aliphatic heterocycles. The molecule has 2 saturated heterocycles. The Morgan fingerprint density at radius 2 is 2.00 bits per heavy atom. The molecule has 2 aromatic heterocycles. The monoisotopic (exact) mass is 301 g/mol. The summed E-state index contributed by atoms with van der Waals surface area (Å²) in [6.07, 6.45) is 5.32. The van der Waals surface area contributed by atoms with Gasteiger partial charge in [0.15, 0.2) is 11.5 Å². The predicted molar refractivity (Wildman–Crippen MR) is 81.5 cm³/mol. The number of aromatic nitrogens is 4. The molecule has 8 nitrogen and oxygen atoms in total. The maximum Gasteiger partial charge on any atom is 0.234 e. The Kier molecular flexibility index (Phi) is 3.38. The number of hydrogen-bond acceptors (Lipinski definition) is 6. The van der Waals surface area contributed by atoms with Crippen LogP contribution in [0.3, 0.4) is 0 Å². The van der Waals surface area contributed by atoms with Crippen molar-refractivity contribution in [2.75, 3.05) is 37.6 Å². The summed E-state index contributed by atoms with van der Waals surface area (Å²) in [5.74, 6) is 1.07. The minimum atomic E-state index is 0.142. The molecule has 4 rings (SSSR count). The number of piperidine rings is 1. The molecule has 0 aliphatic carbocycles. The molecule has 1 amide bonds. The number of carbonyl (C=O) groups is 1. The van der Waals surface area contributed by atoms with Gasteiger partial charge in [-0.3, -0.25) is 9.69 Å². The third-order valence-electron chi connectivity index (χ3n) is 4.55. The van der Waals surface area contributed by atoms with Crippen LogP contribution in [0, 0.1) is 0 Å². The van der Waals surface area contributed by atoms with E-state index in [9.17, 15) is 4.79 Å². The molecule has 0 aromatic carbocycles. The first-order valence-electron chi connectivity index (χ1n) is 7.71. The third kappa shape index (κ3) is 2.39. The molecule has 2 aromatic rings. The first-order chi connectivity index (χ1) is 10.8. The van der Waals surface area contributed by atoms with E-state index in [2.05, 4.69) is 35.1 Å². The average molecular weight is 301 g/mol. The number of fused-ring (bicyclic) bond motifs is 1. The summed E-state index contributed by atoms with van der Waals surface area (Å²) in [7, 11) is 0. The van der Waals surface area contributed by atoms with Gasteiger partial charge in [-0.05, 0) is 12.8 Å². The van der Waals surface area contributed by atoms with Crippen molar-refractivity contribution in [2.45, 2.75) is 18.9 Å². The fourth-order valence-electron chi connectivity index (χ4n) is 3.40. The third-order valence-corrected chi connectivity index (χ3v) is 4.55. The lowest BCUT2D eigenvalue weighted by atomic mass is 10.0. The molecule has 4 heterocycles. The molecular weight excluding hydrogens is 282 g/mol. The minimum Gasteiger partial charge on any atom is -0.355 e. The number of piperazine rings is 1. The number of rotatable bonds is 2. The first-order valence-corrected chi connectivity index (χ1v) is 7.71. The van der Waals surface area contributed by atoms with Gasteiger partial charge >= 0.3 is 0 Å². The molecule has 2 fully saturated rings. The fraction of sp³-hybridized carbons (Fsp3) is 0.571. The second-order valence-electron chi connectivity index (χ2n) is 5.84. The lowest BCUT2D eigenvalue weighted by Crippen LogP contribution is -2.54. The molecule has 0 radical (unpaired) electrons. The van der Waals surface area contributed by atoms with Gasteiger partial charge in [-0.1, -0.05) is 0 Å². The highest BCUT2D eigenvalue weighted by molar-refractivity contribution is 5.82. The van der Waals surface area contributed by atoms with Gasteiger partial charge in [0.2, 0.25) is 5.91 Å². The Hall–Kier alpha value is -2.22. The van der Waals surface area contributed by atoms with Gasteiger partial charge in [0.1, 0.15) is 11.8 Å². The van der Waals surface area contributed by atoms with Crippen LogP contribution in [-0.2, 0) is 4.79 Å². The molecule has 0 unspecified atom stereocenters. The van der Waals surface area contributed by atoms with E-state index >= 15 is 0 Å². The van der Waals surface area contributed by atoms with Crippen LogP contribution in [-0.4, -0.2) is 69.5 Å². The fourth-order valence-corrected chi connectivity index (χ4v) is 3.40. The van der Waals surface area contributed by atoms with Crippen LogP contribution in [0.2, 0.25) is 0 Å². The SMILES string of the molecule is O=C1CN(C2CCN(c3ncnc4nc[nH]c34)CC2)CCN1.